The zero-order valence-electron chi connectivity index (χ0n) is 7.44. The maximum absolute atomic E-state index is 9.61. The molecule has 14 heavy (non-hydrogen) atoms. The molecule has 1 aromatic carbocycles. The van der Waals surface area contributed by atoms with Crippen molar-refractivity contribution >= 4 is 21.4 Å². The van der Waals surface area contributed by atoms with E-state index >= 15 is 0 Å². The average Bonchev–Trinajstić information content (AvgIpc) is 2.61. The van der Waals surface area contributed by atoms with Gasteiger partial charge in [0.2, 0.25) is 0 Å². The lowest BCUT2D eigenvalue weighted by Crippen LogP contribution is -1.80. The number of fused-ring (bicyclic) bond motifs is 1. The van der Waals surface area contributed by atoms with Gasteiger partial charge in [-0.05, 0) is 12.1 Å². The minimum absolute atomic E-state index is 0.150. The maximum Gasteiger partial charge on any atom is 0.127 e. The van der Waals surface area contributed by atoms with Gasteiger partial charge in [0, 0.05) is 16.2 Å². The second kappa shape index (κ2) is 3.20. The number of aromatic hydroxyl groups is 1. The molecule has 0 unspecified atom stereocenters. The summed E-state index contributed by atoms with van der Waals surface area (Å²) in [7, 11) is 1.54. The van der Waals surface area contributed by atoms with Crippen LogP contribution in [0, 0.1) is 11.3 Å². The van der Waals surface area contributed by atoms with E-state index < -0.39 is 0 Å². The molecule has 0 radical (unpaired) electrons. The molecule has 0 fully saturated rings. The van der Waals surface area contributed by atoms with Crippen molar-refractivity contribution in [3.05, 3.63) is 23.1 Å². The summed E-state index contributed by atoms with van der Waals surface area (Å²) < 4.78 is 5.87. The van der Waals surface area contributed by atoms with E-state index in [1.165, 1.54) is 17.4 Å². The Kier molecular flexibility index (Phi) is 2.02. The van der Waals surface area contributed by atoms with Gasteiger partial charge in [-0.2, -0.15) is 5.26 Å². The predicted octanol–water partition coefficient (Wildman–Crippen LogP) is 2.49. The second-order valence-corrected chi connectivity index (χ2v) is 3.86. The van der Waals surface area contributed by atoms with Crippen molar-refractivity contribution in [2.24, 2.45) is 0 Å². The van der Waals surface area contributed by atoms with Crippen molar-refractivity contribution in [1.29, 1.82) is 5.26 Å². The van der Waals surface area contributed by atoms with E-state index in [4.69, 9.17) is 10.00 Å². The zero-order valence-corrected chi connectivity index (χ0v) is 8.26. The Labute approximate surface area is 84.8 Å². The number of hydrogen-bond acceptors (Lipinski definition) is 4. The number of hydrogen-bond donors (Lipinski definition) is 1. The van der Waals surface area contributed by atoms with E-state index in [-0.39, 0.29) is 5.75 Å². The highest BCUT2D eigenvalue weighted by molar-refractivity contribution is 7.19. The number of nitrogens with zero attached hydrogens (tertiary/aromatic N) is 1. The molecule has 1 aromatic heterocycles. The van der Waals surface area contributed by atoms with Crippen molar-refractivity contribution < 1.29 is 9.84 Å². The van der Waals surface area contributed by atoms with E-state index in [2.05, 4.69) is 0 Å². The predicted molar refractivity (Wildman–Crippen MR) is 54.8 cm³/mol. The van der Waals surface area contributed by atoms with Crippen LogP contribution in [0.15, 0.2) is 18.2 Å². The second-order valence-electron chi connectivity index (χ2n) is 2.78. The SMILES string of the molecule is COc1cc(O)c2cc(C#N)sc2c1. The number of rotatable bonds is 1. The Morgan fingerprint density at radius 1 is 1.43 bits per heavy atom. The number of phenolic OH excluding ortho intramolecular Hbond substituents is 1. The third kappa shape index (κ3) is 1.28. The van der Waals surface area contributed by atoms with Gasteiger partial charge in [-0.1, -0.05) is 0 Å². The number of nitriles is 1. The standard InChI is InChI=1S/C10H7NO2S/c1-13-6-2-9(12)8-4-7(5-11)14-10(8)3-6/h2-4,12H,1H3. The smallest absolute Gasteiger partial charge is 0.127 e. The molecule has 0 aliphatic rings. The summed E-state index contributed by atoms with van der Waals surface area (Å²) in [5, 5.41) is 19.0. The van der Waals surface area contributed by atoms with Crippen molar-refractivity contribution in [2.75, 3.05) is 7.11 Å². The Morgan fingerprint density at radius 3 is 2.86 bits per heavy atom. The molecule has 70 valence electrons. The molecule has 0 saturated carbocycles. The molecule has 0 amide bonds. The lowest BCUT2D eigenvalue weighted by Gasteiger charge is -2.00. The molecule has 0 atom stereocenters. The van der Waals surface area contributed by atoms with Crippen molar-refractivity contribution in [1.82, 2.24) is 0 Å². The molecular weight excluding hydrogens is 198 g/mol. The molecule has 0 bridgehead atoms. The Balaban J connectivity index is 2.75. The number of thiophene rings is 1. The van der Waals surface area contributed by atoms with Crippen molar-refractivity contribution in [3.8, 4) is 17.6 Å². The van der Waals surface area contributed by atoms with Gasteiger partial charge in [-0.25, -0.2) is 0 Å². The maximum atomic E-state index is 9.61. The van der Waals surface area contributed by atoms with Gasteiger partial charge >= 0.3 is 0 Å². The number of phenols is 1. The minimum atomic E-state index is 0.150. The molecule has 1 N–H and O–H groups in total. The first-order valence-corrected chi connectivity index (χ1v) is 4.77. The Morgan fingerprint density at radius 2 is 2.21 bits per heavy atom. The van der Waals surface area contributed by atoms with Crippen LogP contribution in [0.25, 0.3) is 10.1 Å². The van der Waals surface area contributed by atoms with Crippen LogP contribution in [0.3, 0.4) is 0 Å². The topological polar surface area (TPSA) is 53.2 Å². The van der Waals surface area contributed by atoms with Gasteiger partial charge in [0.25, 0.3) is 0 Å². The molecular formula is C10H7NO2S. The van der Waals surface area contributed by atoms with E-state index in [0.717, 1.165) is 4.70 Å². The van der Waals surface area contributed by atoms with E-state index in [0.29, 0.717) is 16.0 Å². The fourth-order valence-electron chi connectivity index (χ4n) is 1.27. The molecule has 2 aromatic rings. The van der Waals surface area contributed by atoms with Crippen LogP contribution in [-0.2, 0) is 0 Å². The van der Waals surface area contributed by atoms with Gasteiger partial charge in [0.1, 0.15) is 22.4 Å². The molecule has 0 aliphatic heterocycles. The third-order valence-corrected chi connectivity index (χ3v) is 2.92. The van der Waals surface area contributed by atoms with Gasteiger partial charge in [-0.3, -0.25) is 0 Å². The van der Waals surface area contributed by atoms with Crippen molar-refractivity contribution in [3.63, 3.8) is 0 Å². The zero-order chi connectivity index (χ0) is 10.1. The number of methoxy groups -OCH3 is 1. The molecule has 0 aliphatic carbocycles. The monoisotopic (exact) mass is 205 g/mol. The van der Waals surface area contributed by atoms with Crippen LogP contribution < -0.4 is 4.74 Å². The first-order valence-electron chi connectivity index (χ1n) is 3.95. The van der Waals surface area contributed by atoms with Gasteiger partial charge < -0.3 is 9.84 Å². The lowest BCUT2D eigenvalue weighted by molar-refractivity contribution is 0.409. The summed E-state index contributed by atoms with van der Waals surface area (Å²) in [5.41, 5.74) is 0. The van der Waals surface area contributed by atoms with Crippen LogP contribution in [0.4, 0.5) is 0 Å². The minimum Gasteiger partial charge on any atom is -0.507 e. The van der Waals surface area contributed by atoms with Gasteiger partial charge in [0.15, 0.2) is 0 Å². The van der Waals surface area contributed by atoms with Gasteiger partial charge in [-0.15, -0.1) is 11.3 Å². The van der Waals surface area contributed by atoms with Gasteiger partial charge in [0.05, 0.1) is 7.11 Å². The summed E-state index contributed by atoms with van der Waals surface area (Å²) in [6.07, 6.45) is 0. The van der Waals surface area contributed by atoms with E-state index in [9.17, 15) is 5.11 Å². The Bertz CT molecular complexity index is 525. The van der Waals surface area contributed by atoms with E-state index in [1.807, 2.05) is 6.07 Å². The van der Waals surface area contributed by atoms with Crippen LogP contribution in [0.2, 0.25) is 0 Å². The van der Waals surface area contributed by atoms with Crippen LogP contribution in [0.5, 0.6) is 11.5 Å². The highest BCUT2D eigenvalue weighted by atomic mass is 32.1. The fraction of sp³-hybridized carbons (Fsp3) is 0.100. The highest BCUT2D eigenvalue weighted by Crippen LogP contribution is 2.35. The van der Waals surface area contributed by atoms with E-state index in [1.54, 1.807) is 19.2 Å². The molecule has 4 heteroatoms. The van der Waals surface area contributed by atoms with Crippen LogP contribution in [0.1, 0.15) is 4.88 Å². The van der Waals surface area contributed by atoms with Crippen LogP contribution in [-0.4, -0.2) is 12.2 Å². The first-order chi connectivity index (χ1) is 6.74. The summed E-state index contributed by atoms with van der Waals surface area (Å²) >= 11 is 1.34. The summed E-state index contributed by atoms with van der Waals surface area (Å²) in [6, 6.07) is 7.07. The number of ether oxygens (including phenoxy) is 1. The largest absolute Gasteiger partial charge is 0.507 e. The molecule has 2 rings (SSSR count). The van der Waals surface area contributed by atoms with Crippen LogP contribution >= 0.6 is 11.3 Å². The Hall–Kier alpha value is -1.73. The lowest BCUT2D eigenvalue weighted by atomic mass is 10.2. The summed E-state index contributed by atoms with van der Waals surface area (Å²) in [4.78, 5) is 0.587. The highest BCUT2D eigenvalue weighted by Gasteiger charge is 2.07. The molecule has 0 saturated heterocycles. The quantitative estimate of drug-likeness (QED) is 0.778. The molecule has 3 nitrogen and oxygen atoms in total. The normalized spacial score (nSPS) is 10.0. The molecule has 0 spiro atoms. The number of benzene rings is 1. The first kappa shape index (κ1) is 8.85. The molecule has 1 heterocycles. The third-order valence-electron chi connectivity index (χ3n) is 1.93. The fourth-order valence-corrected chi connectivity index (χ4v) is 2.18. The summed E-state index contributed by atoms with van der Waals surface area (Å²) in [6.45, 7) is 0. The summed E-state index contributed by atoms with van der Waals surface area (Å²) in [5.74, 6) is 0.749. The van der Waals surface area contributed by atoms with Crippen molar-refractivity contribution in [2.45, 2.75) is 0 Å². The average molecular weight is 205 g/mol.